The molecule has 2 aliphatic rings. The number of carbonyl (C=O) groups excluding carboxylic acids is 1. The van der Waals surface area contributed by atoms with Gasteiger partial charge in [0.05, 0.1) is 10.7 Å². The lowest BCUT2D eigenvalue weighted by Crippen LogP contribution is -2.25. The Kier molecular flexibility index (Phi) is 4.15. The molecule has 3 nitrogen and oxygen atoms in total. The smallest absolute Gasteiger partial charge is 0.434 e. The first kappa shape index (κ1) is 16.9. The average Bonchev–Trinajstić information content (AvgIpc) is 2.83. The molecule has 7 heteroatoms. The van der Waals surface area contributed by atoms with Gasteiger partial charge in [-0.15, -0.1) is 0 Å². The number of allylic oxidation sites excluding steroid dienone is 3. The molecule has 124 valence electrons. The summed E-state index contributed by atoms with van der Waals surface area (Å²) in [6.07, 6.45) is 0.742. The Hall–Kier alpha value is -1.90. The Morgan fingerprint density at radius 1 is 1.12 bits per heavy atom. The number of ether oxygens (including phenoxy) is 1. The van der Waals surface area contributed by atoms with Gasteiger partial charge in [0.2, 0.25) is 0 Å². The minimum atomic E-state index is -4.57. The number of rotatable bonds is 2. The Morgan fingerprint density at radius 2 is 1.71 bits per heavy atom. The standard InChI is InChI=1S/C17H11F3INO2/c1-24-12-4-2-10(3-5-12)13-14(21)15(17(18,19)20)22-16(13)8-6-11(23)7-9-16/h2-9H,1H3. The molecule has 1 aliphatic heterocycles. The fraction of sp³-hybridized carbons (Fsp3) is 0.176. The number of nitrogens with zero attached hydrogens (tertiary/aromatic N) is 1. The van der Waals surface area contributed by atoms with Crippen molar-refractivity contribution in [2.24, 2.45) is 4.99 Å². The van der Waals surface area contributed by atoms with Crippen molar-refractivity contribution in [1.29, 1.82) is 0 Å². The minimum Gasteiger partial charge on any atom is -0.497 e. The largest absolute Gasteiger partial charge is 0.497 e. The van der Waals surface area contributed by atoms with E-state index in [-0.39, 0.29) is 9.36 Å². The van der Waals surface area contributed by atoms with E-state index in [2.05, 4.69) is 4.99 Å². The maximum absolute atomic E-state index is 13.3. The SMILES string of the molecule is COc1ccc(C2=C(I)C(C(F)(F)F)=NC23C=CC(=O)C=C3)cc1. The summed E-state index contributed by atoms with van der Waals surface area (Å²) in [6.45, 7) is 0. The van der Waals surface area contributed by atoms with Crippen molar-refractivity contribution in [3.8, 4) is 5.75 Å². The highest BCUT2D eigenvalue weighted by Gasteiger charge is 2.48. The van der Waals surface area contributed by atoms with Gasteiger partial charge in [-0.3, -0.25) is 9.79 Å². The predicted molar refractivity (Wildman–Crippen MR) is 93.4 cm³/mol. The number of alkyl halides is 3. The van der Waals surface area contributed by atoms with Gasteiger partial charge in [0, 0.05) is 5.57 Å². The van der Waals surface area contributed by atoms with Crippen LogP contribution in [0.3, 0.4) is 0 Å². The van der Waals surface area contributed by atoms with Gasteiger partial charge in [0.15, 0.2) is 11.5 Å². The highest BCUT2D eigenvalue weighted by molar-refractivity contribution is 14.1. The van der Waals surface area contributed by atoms with Crippen LogP contribution >= 0.6 is 22.6 Å². The topological polar surface area (TPSA) is 38.7 Å². The molecular weight excluding hydrogens is 434 g/mol. The fourth-order valence-electron chi connectivity index (χ4n) is 2.66. The zero-order valence-electron chi connectivity index (χ0n) is 12.4. The molecule has 1 aliphatic carbocycles. The normalized spacial score (nSPS) is 19.2. The van der Waals surface area contributed by atoms with Gasteiger partial charge in [-0.2, -0.15) is 13.2 Å². The monoisotopic (exact) mass is 445 g/mol. The van der Waals surface area contributed by atoms with E-state index >= 15 is 0 Å². The van der Waals surface area contributed by atoms with Crippen LogP contribution in [0.4, 0.5) is 13.2 Å². The van der Waals surface area contributed by atoms with Gasteiger partial charge in [-0.05, 0) is 64.6 Å². The zero-order chi connectivity index (χ0) is 17.5. The van der Waals surface area contributed by atoms with Gasteiger partial charge in [-0.1, -0.05) is 12.1 Å². The first-order valence-electron chi connectivity index (χ1n) is 6.91. The molecular formula is C17H11F3INO2. The van der Waals surface area contributed by atoms with E-state index in [1.54, 1.807) is 46.9 Å². The van der Waals surface area contributed by atoms with Gasteiger partial charge >= 0.3 is 6.18 Å². The summed E-state index contributed by atoms with van der Waals surface area (Å²) in [4.78, 5) is 15.3. The van der Waals surface area contributed by atoms with Crippen molar-refractivity contribution in [2.75, 3.05) is 7.11 Å². The lowest BCUT2D eigenvalue weighted by Gasteiger charge is -2.25. The molecule has 0 saturated carbocycles. The van der Waals surface area contributed by atoms with Crippen LogP contribution in [0.1, 0.15) is 5.56 Å². The van der Waals surface area contributed by atoms with Crippen molar-refractivity contribution in [3.05, 3.63) is 57.7 Å². The molecule has 0 amide bonds. The summed E-state index contributed by atoms with van der Waals surface area (Å²) in [5.74, 6) is 0.323. The van der Waals surface area contributed by atoms with Crippen molar-refractivity contribution in [3.63, 3.8) is 0 Å². The number of benzene rings is 1. The maximum Gasteiger partial charge on any atom is 0.434 e. The fourth-order valence-corrected chi connectivity index (χ4v) is 3.83. The Balaban J connectivity index is 2.19. The van der Waals surface area contributed by atoms with Crippen LogP contribution in [0.25, 0.3) is 5.57 Å². The third kappa shape index (κ3) is 2.81. The van der Waals surface area contributed by atoms with Gasteiger partial charge < -0.3 is 4.74 Å². The van der Waals surface area contributed by atoms with E-state index in [0.29, 0.717) is 16.9 Å². The van der Waals surface area contributed by atoms with E-state index in [9.17, 15) is 18.0 Å². The van der Waals surface area contributed by atoms with Crippen LogP contribution < -0.4 is 4.74 Å². The Bertz CT molecular complexity index is 801. The lowest BCUT2D eigenvalue weighted by molar-refractivity contribution is -0.110. The highest BCUT2D eigenvalue weighted by atomic mass is 127. The van der Waals surface area contributed by atoms with Crippen LogP contribution in [0, 0.1) is 0 Å². The number of halogens is 4. The molecule has 0 aromatic heterocycles. The number of methoxy groups -OCH3 is 1. The molecule has 24 heavy (non-hydrogen) atoms. The first-order chi connectivity index (χ1) is 11.3. The summed E-state index contributed by atoms with van der Waals surface area (Å²) < 4.78 is 45.1. The molecule has 0 radical (unpaired) electrons. The lowest BCUT2D eigenvalue weighted by atomic mass is 9.83. The number of carbonyl (C=O) groups is 1. The van der Waals surface area contributed by atoms with Crippen LogP contribution in [0.5, 0.6) is 5.75 Å². The summed E-state index contributed by atoms with van der Waals surface area (Å²) in [6, 6.07) is 6.71. The zero-order valence-corrected chi connectivity index (χ0v) is 14.6. The van der Waals surface area contributed by atoms with Crippen LogP contribution in [-0.2, 0) is 4.79 Å². The quantitative estimate of drug-likeness (QED) is 0.638. The van der Waals surface area contributed by atoms with Gasteiger partial charge in [0.1, 0.15) is 11.3 Å². The molecule has 0 N–H and O–H groups in total. The third-order valence-corrected chi connectivity index (χ3v) is 4.83. The molecule has 0 fully saturated rings. The highest BCUT2D eigenvalue weighted by Crippen LogP contribution is 2.48. The summed E-state index contributed by atoms with van der Waals surface area (Å²) in [7, 11) is 1.51. The van der Waals surface area contributed by atoms with Crippen molar-refractivity contribution >= 4 is 39.7 Å². The van der Waals surface area contributed by atoms with E-state index in [1.807, 2.05) is 0 Å². The van der Waals surface area contributed by atoms with Gasteiger partial charge in [0.25, 0.3) is 0 Å². The van der Waals surface area contributed by atoms with Gasteiger partial charge in [-0.25, -0.2) is 0 Å². The third-order valence-electron chi connectivity index (χ3n) is 3.78. The summed E-state index contributed by atoms with van der Waals surface area (Å²) in [5, 5.41) is 0. The second-order valence-electron chi connectivity index (χ2n) is 5.27. The van der Waals surface area contributed by atoms with Crippen LogP contribution in [0.15, 0.2) is 57.1 Å². The number of hydrogen-bond donors (Lipinski definition) is 0. The van der Waals surface area contributed by atoms with Crippen molar-refractivity contribution in [2.45, 2.75) is 11.7 Å². The van der Waals surface area contributed by atoms with E-state index < -0.39 is 17.4 Å². The molecule has 0 unspecified atom stereocenters. The molecule has 0 atom stereocenters. The second kappa shape index (κ2) is 5.87. The molecule has 1 heterocycles. The molecule has 3 rings (SSSR count). The van der Waals surface area contributed by atoms with Crippen molar-refractivity contribution < 1.29 is 22.7 Å². The first-order valence-corrected chi connectivity index (χ1v) is 7.99. The van der Waals surface area contributed by atoms with E-state index in [1.165, 1.54) is 31.4 Å². The summed E-state index contributed by atoms with van der Waals surface area (Å²) in [5.41, 5.74) is -1.26. The number of hydrogen-bond acceptors (Lipinski definition) is 3. The Labute approximate surface area is 149 Å². The molecule has 0 bridgehead atoms. The minimum absolute atomic E-state index is 0.0221. The van der Waals surface area contributed by atoms with E-state index in [0.717, 1.165) is 0 Å². The van der Waals surface area contributed by atoms with Crippen LogP contribution in [0.2, 0.25) is 0 Å². The maximum atomic E-state index is 13.3. The predicted octanol–water partition coefficient (Wildman–Crippen LogP) is 4.29. The van der Waals surface area contributed by atoms with E-state index in [4.69, 9.17) is 4.74 Å². The average molecular weight is 445 g/mol. The van der Waals surface area contributed by atoms with Crippen LogP contribution in [-0.4, -0.2) is 30.3 Å². The summed E-state index contributed by atoms with van der Waals surface area (Å²) >= 11 is 1.67. The molecule has 1 aromatic rings. The molecule has 1 spiro atoms. The number of aliphatic imine (C=N–C) groups is 1. The van der Waals surface area contributed by atoms with Crippen molar-refractivity contribution in [1.82, 2.24) is 0 Å². The molecule has 0 saturated heterocycles. The number of ketones is 1. The molecule has 1 aromatic carbocycles. The second-order valence-corrected chi connectivity index (χ2v) is 6.35. The Morgan fingerprint density at radius 3 is 2.21 bits per heavy atom.